The number of amides is 1. The van der Waals surface area contributed by atoms with E-state index in [4.69, 9.17) is 14.2 Å². The Morgan fingerprint density at radius 1 is 0.886 bits per heavy atom. The van der Waals surface area contributed by atoms with E-state index in [2.05, 4.69) is 45.6 Å². The molecular formula is C27H33N3O4S. The quantitative estimate of drug-likeness (QED) is 0.473. The molecule has 35 heavy (non-hydrogen) atoms. The number of rotatable bonds is 9. The molecule has 2 atom stereocenters. The fourth-order valence-corrected chi connectivity index (χ4v) is 5.64. The number of benzene rings is 2. The van der Waals surface area contributed by atoms with Crippen LogP contribution in [0.1, 0.15) is 28.2 Å². The van der Waals surface area contributed by atoms with Crippen molar-refractivity contribution in [3.8, 4) is 17.2 Å². The number of carbonyl (C=O) groups is 1. The van der Waals surface area contributed by atoms with Crippen LogP contribution in [0, 0.1) is 0 Å². The number of thiophene rings is 1. The summed E-state index contributed by atoms with van der Waals surface area (Å²) in [6.07, 6.45) is 0. The van der Waals surface area contributed by atoms with Gasteiger partial charge in [-0.2, -0.15) is 0 Å². The van der Waals surface area contributed by atoms with Crippen LogP contribution in [0.4, 0.5) is 5.69 Å². The van der Waals surface area contributed by atoms with Gasteiger partial charge in [-0.1, -0.05) is 18.2 Å². The first-order valence-electron chi connectivity index (χ1n) is 11.7. The lowest BCUT2D eigenvalue weighted by molar-refractivity contribution is 0.0890. The van der Waals surface area contributed by atoms with Crippen LogP contribution in [0.2, 0.25) is 0 Å². The molecule has 0 radical (unpaired) electrons. The summed E-state index contributed by atoms with van der Waals surface area (Å²) in [7, 11) is 4.86. The number of para-hydroxylation sites is 2. The van der Waals surface area contributed by atoms with Crippen molar-refractivity contribution < 1.29 is 19.0 Å². The maximum atomic E-state index is 13.1. The lowest BCUT2D eigenvalue weighted by Gasteiger charge is -2.42. The van der Waals surface area contributed by atoms with Gasteiger partial charge < -0.3 is 24.4 Å². The topological polar surface area (TPSA) is 63.3 Å². The van der Waals surface area contributed by atoms with E-state index in [9.17, 15) is 4.79 Å². The number of carbonyl (C=O) groups excluding carboxylic acids is 1. The van der Waals surface area contributed by atoms with Crippen molar-refractivity contribution in [2.24, 2.45) is 0 Å². The second kappa shape index (κ2) is 11.5. The molecule has 0 spiro atoms. The maximum Gasteiger partial charge on any atom is 0.251 e. The predicted molar refractivity (Wildman–Crippen MR) is 140 cm³/mol. The molecule has 8 heteroatoms. The second-order valence-electron chi connectivity index (χ2n) is 8.49. The summed E-state index contributed by atoms with van der Waals surface area (Å²) in [5.74, 6) is 1.90. The van der Waals surface area contributed by atoms with E-state index in [1.54, 1.807) is 50.9 Å². The van der Waals surface area contributed by atoms with E-state index in [1.165, 1.54) is 4.88 Å². The minimum absolute atomic E-state index is 0.0823. The molecular weight excluding hydrogens is 462 g/mol. The van der Waals surface area contributed by atoms with Gasteiger partial charge in [-0.15, -0.1) is 11.3 Å². The molecule has 2 aromatic carbocycles. The highest BCUT2D eigenvalue weighted by atomic mass is 32.1. The maximum absolute atomic E-state index is 13.1. The molecule has 1 saturated heterocycles. The van der Waals surface area contributed by atoms with Crippen LogP contribution < -0.4 is 24.4 Å². The molecule has 1 N–H and O–H groups in total. The highest BCUT2D eigenvalue weighted by molar-refractivity contribution is 7.10. The van der Waals surface area contributed by atoms with Gasteiger partial charge in [0.25, 0.3) is 5.91 Å². The Balaban J connectivity index is 1.48. The minimum atomic E-state index is -0.132. The Hall–Kier alpha value is -3.23. The lowest BCUT2D eigenvalue weighted by Crippen LogP contribution is -2.52. The van der Waals surface area contributed by atoms with Crippen LogP contribution in [-0.2, 0) is 0 Å². The molecule has 1 aromatic heterocycles. The monoisotopic (exact) mass is 495 g/mol. The van der Waals surface area contributed by atoms with Crippen molar-refractivity contribution in [1.82, 2.24) is 10.2 Å². The first-order valence-corrected chi connectivity index (χ1v) is 12.6. The Morgan fingerprint density at radius 2 is 1.60 bits per heavy atom. The molecule has 0 aliphatic carbocycles. The third kappa shape index (κ3) is 5.55. The highest BCUT2D eigenvalue weighted by Crippen LogP contribution is 2.33. The van der Waals surface area contributed by atoms with Gasteiger partial charge >= 0.3 is 0 Å². The third-order valence-corrected chi connectivity index (χ3v) is 7.39. The molecule has 1 amide bonds. The van der Waals surface area contributed by atoms with Gasteiger partial charge in [0, 0.05) is 42.7 Å². The smallest absolute Gasteiger partial charge is 0.251 e. The number of anilines is 1. The van der Waals surface area contributed by atoms with Crippen molar-refractivity contribution in [1.29, 1.82) is 0 Å². The first kappa shape index (κ1) is 24.9. The van der Waals surface area contributed by atoms with Crippen molar-refractivity contribution in [3.63, 3.8) is 0 Å². The number of nitrogens with one attached hydrogen (secondary N) is 1. The lowest BCUT2D eigenvalue weighted by atomic mass is 10.0. The molecule has 0 saturated carbocycles. The summed E-state index contributed by atoms with van der Waals surface area (Å²) >= 11 is 1.73. The van der Waals surface area contributed by atoms with Gasteiger partial charge in [-0.05, 0) is 48.7 Å². The molecule has 1 aliphatic heterocycles. The molecule has 186 valence electrons. The van der Waals surface area contributed by atoms with Crippen molar-refractivity contribution in [2.45, 2.75) is 19.0 Å². The van der Waals surface area contributed by atoms with E-state index in [0.29, 0.717) is 17.1 Å². The van der Waals surface area contributed by atoms with Crippen molar-refractivity contribution in [3.05, 3.63) is 70.4 Å². The predicted octanol–water partition coefficient (Wildman–Crippen LogP) is 4.46. The van der Waals surface area contributed by atoms with Crippen LogP contribution in [0.5, 0.6) is 17.2 Å². The summed E-state index contributed by atoms with van der Waals surface area (Å²) in [6, 6.07) is 17.6. The summed E-state index contributed by atoms with van der Waals surface area (Å²) in [5.41, 5.74) is 1.66. The van der Waals surface area contributed by atoms with Gasteiger partial charge in [-0.25, -0.2) is 0 Å². The average molecular weight is 496 g/mol. The Morgan fingerprint density at radius 3 is 2.26 bits per heavy atom. The first-order chi connectivity index (χ1) is 17.0. The Labute approximate surface area is 211 Å². The molecule has 0 unspecified atom stereocenters. The van der Waals surface area contributed by atoms with E-state index in [-0.39, 0.29) is 18.0 Å². The Bertz CT molecular complexity index is 1110. The largest absolute Gasteiger partial charge is 0.495 e. The number of ether oxygens (including phenoxy) is 3. The third-order valence-electron chi connectivity index (χ3n) is 6.45. The van der Waals surface area contributed by atoms with Crippen LogP contribution >= 0.6 is 11.3 Å². The van der Waals surface area contributed by atoms with Gasteiger partial charge in [-0.3, -0.25) is 9.69 Å². The number of piperazine rings is 1. The standard InChI is InChI=1S/C27H33N3O4S/c1-19(28-27(31)20-11-12-23(33-3)24(18-20)34-4)26(25-10-7-17-35-25)30-15-13-29(14-16-30)21-8-5-6-9-22(21)32-2/h5-12,17-19,26H,13-16H2,1-4H3,(H,28,31)/t19-,26+/m0/s1. The van der Waals surface area contributed by atoms with Gasteiger partial charge in [0.2, 0.25) is 0 Å². The normalized spacial score (nSPS) is 15.8. The highest BCUT2D eigenvalue weighted by Gasteiger charge is 2.31. The summed E-state index contributed by atoms with van der Waals surface area (Å²) in [6.45, 7) is 5.63. The Kier molecular flexibility index (Phi) is 8.15. The number of methoxy groups -OCH3 is 3. The van der Waals surface area contributed by atoms with E-state index in [1.807, 2.05) is 18.2 Å². The van der Waals surface area contributed by atoms with Crippen LogP contribution in [-0.4, -0.2) is 64.4 Å². The molecule has 0 bridgehead atoms. The van der Waals surface area contributed by atoms with Crippen molar-refractivity contribution >= 4 is 22.9 Å². The van der Waals surface area contributed by atoms with E-state index < -0.39 is 0 Å². The van der Waals surface area contributed by atoms with Crippen molar-refractivity contribution in [2.75, 3.05) is 52.4 Å². The molecule has 4 rings (SSSR count). The fourth-order valence-electron chi connectivity index (χ4n) is 4.68. The second-order valence-corrected chi connectivity index (χ2v) is 9.47. The number of hydrogen-bond donors (Lipinski definition) is 1. The van der Waals surface area contributed by atoms with E-state index >= 15 is 0 Å². The fraction of sp³-hybridized carbons (Fsp3) is 0.370. The summed E-state index contributed by atoms with van der Waals surface area (Å²) < 4.78 is 16.2. The van der Waals surface area contributed by atoms with Crippen LogP contribution in [0.25, 0.3) is 0 Å². The van der Waals surface area contributed by atoms with Gasteiger partial charge in [0.1, 0.15) is 5.75 Å². The average Bonchev–Trinajstić information content (AvgIpc) is 3.43. The van der Waals surface area contributed by atoms with Gasteiger partial charge in [0.05, 0.1) is 33.1 Å². The molecule has 1 aliphatic rings. The SMILES string of the molecule is COc1ccc(C(=O)N[C@@H](C)[C@H](c2cccs2)N2CCN(c3ccccc3OC)CC2)cc1OC. The van der Waals surface area contributed by atoms with Crippen LogP contribution in [0.3, 0.4) is 0 Å². The minimum Gasteiger partial charge on any atom is -0.495 e. The zero-order valence-electron chi connectivity index (χ0n) is 20.7. The van der Waals surface area contributed by atoms with E-state index in [0.717, 1.165) is 37.6 Å². The molecule has 7 nitrogen and oxygen atoms in total. The number of hydrogen-bond acceptors (Lipinski definition) is 7. The molecule has 3 aromatic rings. The summed E-state index contributed by atoms with van der Waals surface area (Å²) in [5, 5.41) is 5.32. The number of nitrogens with zero attached hydrogens (tertiary/aromatic N) is 2. The summed E-state index contributed by atoms with van der Waals surface area (Å²) in [4.78, 5) is 19.2. The zero-order valence-corrected chi connectivity index (χ0v) is 21.5. The van der Waals surface area contributed by atoms with Crippen LogP contribution in [0.15, 0.2) is 60.0 Å². The molecule has 1 fully saturated rings. The zero-order chi connectivity index (χ0) is 24.8. The van der Waals surface area contributed by atoms with Gasteiger partial charge in [0.15, 0.2) is 11.5 Å². The molecule has 2 heterocycles.